The lowest BCUT2D eigenvalue weighted by atomic mass is 9.91. The zero-order valence-electron chi connectivity index (χ0n) is 17.2. The second-order valence-electron chi connectivity index (χ2n) is 8.10. The van der Waals surface area contributed by atoms with E-state index in [4.69, 9.17) is 4.74 Å². The number of anilines is 1. The minimum absolute atomic E-state index is 0.321. The Morgan fingerprint density at radius 1 is 0.867 bits per heavy atom. The van der Waals surface area contributed by atoms with Crippen molar-refractivity contribution in [3.63, 3.8) is 0 Å². The number of nitrogens with zero attached hydrogens (tertiary/aromatic N) is 1. The molecular weight excluding hydrogens is 394 g/mol. The Balaban J connectivity index is 1.92. The number of fused-ring (bicyclic) bond motifs is 1. The Bertz CT molecular complexity index is 1080. The normalized spacial score (nSPS) is 18.2. The molecule has 152 valence electrons. The summed E-state index contributed by atoms with van der Waals surface area (Å²) >= 11 is 1.44. The number of hydrogen-bond donors (Lipinski definition) is 0. The van der Waals surface area contributed by atoms with Gasteiger partial charge in [0.05, 0.1) is 5.69 Å². The van der Waals surface area contributed by atoms with Crippen molar-refractivity contribution in [2.24, 2.45) is 0 Å². The van der Waals surface area contributed by atoms with Gasteiger partial charge in [-0.2, -0.15) is 0 Å². The van der Waals surface area contributed by atoms with Gasteiger partial charge in [0.25, 0.3) is 5.91 Å². The second-order valence-corrected chi connectivity index (χ2v) is 9.39. The molecule has 0 spiro atoms. The smallest absolute Gasteiger partial charge is 0.421 e. The second kappa shape index (κ2) is 7.65. The van der Waals surface area contributed by atoms with E-state index in [1.165, 1.54) is 16.7 Å². The van der Waals surface area contributed by atoms with E-state index in [-0.39, 0.29) is 5.91 Å². The minimum Gasteiger partial charge on any atom is -0.443 e. The van der Waals surface area contributed by atoms with Crippen molar-refractivity contribution in [1.82, 2.24) is 0 Å². The quantitative estimate of drug-likeness (QED) is 0.524. The van der Waals surface area contributed by atoms with Crippen LogP contribution < -0.4 is 4.90 Å². The molecule has 1 aliphatic rings. The SMILES string of the molecule is CC(C)(C)OC(=O)N1C(=O)[C@](Sc2ccccc2)(c2ccccc2)c2ccccc21. The highest BCUT2D eigenvalue weighted by molar-refractivity contribution is 8.01. The van der Waals surface area contributed by atoms with E-state index in [1.807, 2.05) is 78.9 Å². The number of thioether (sulfide) groups is 1. The summed E-state index contributed by atoms with van der Waals surface area (Å²) in [7, 11) is 0. The number of ether oxygens (including phenoxy) is 1. The monoisotopic (exact) mass is 417 g/mol. The molecule has 0 unspecified atom stereocenters. The first-order valence-corrected chi connectivity index (χ1v) is 10.6. The molecule has 4 nitrogen and oxygen atoms in total. The number of benzene rings is 3. The van der Waals surface area contributed by atoms with Gasteiger partial charge in [0.1, 0.15) is 5.60 Å². The molecule has 0 N–H and O–H groups in total. The summed E-state index contributed by atoms with van der Waals surface area (Å²) in [6.45, 7) is 5.38. The lowest BCUT2D eigenvalue weighted by molar-refractivity contribution is -0.119. The summed E-state index contributed by atoms with van der Waals surface area (Å²) in [6, 6.07) is 26.8. The van der Waals surface area contributed by atoms with E-state index in [0.717, 1.165) is 16.0 Å². The molecule has 2 amide bonds. The van der Waals surface area contributed by atoms with Crippen LogP contribution in [0.4, 0.5) is 10.5 Å². The van der Waals surface area contributed by atoms with Crippen LogP contribution in [-0.4, -0.2) is 17.6 Å². The van der Waals surface area contributed by atoms with Crippen molar-refractivity contribution in [1.29, 1.82) is 0 Å². The fraction of sp³-hybridized carbons (Fsp3) is 0.200. The highest BCUT2D eigenvalue weighted by Crippen LogP contribution is 2.55. The number of rotatable bonds is 3. The van der Waals surface area contributed by atoms with Gasteiger partial charge in [0.2, 0.25) is 0 Å². The number of imide groups is 1. The highest BCUT2D eigenvalue weighted by atomic mass is 32.2. The molecule has 0 saturated heterocycles. The standard InChI is InChI=1S/C25H23NO3S/c1-24(2,3)29-23(28)26-21-17-11-10-16-20(21)25(22(26)27,18-12-6-4-7-13-18)30-19-14-8-5-9-15-19/h4-17H,1-3H3/t25-/m0/s1. The minimum atomic E-state index is -1.09. The van der Waals surface area contributed by atoms with E-state index in [9.17, 15) is 9.59 Å². The average molecular weight is 418 g/mol. The summed E-state index contributed by atoms with van der Waals surface area (Å²) in [4.78, 5) is 29.2. The molecule has 0 fully saturated rings. The molecule has 0 saturated carbocycles. The molecule has 0 aliphatic carbocycles. The van der Waals surface area contributed by atoms with Gasteiger partial charge in [-0.15, -0.1) is 0 Å². The van der Waals surface area contributed by atoms with Gasteiger partial charge in [0, 0.05) is 10.5 Å². The van der Waals surface area contributed by atoms with E-state index in [1.54, 1.807) is 26.8 Å². The van der Waals surface area contributed by atoms with Gasteiger partial charge in [0.15, 0.2) is 4.75 Å². The maximum Gasteiger partial charge on any atom is 0.421 e. The van der Waals surface area contributed by atoms with Gasteiger partial charge >= 0.3 is 6.09 Å². The van der Waals surface area contributed by atoms with E-state index in [0.29, 0.717) is 5.69 Å². The molecule has 1 heterocycles. The maximum atomic E-state index is 14.0. The Kier molecular flexibility index (Phi) is 5.16. The number of carbonyl (C=O) groups excluding carboxylic acids is 2. The third-order valence-corrected chi connectivity index (χ3v) is 6.24. The Labute approximate surface area is 180 Å². The average Bonchev–Trinajstić information content (AvgIpc) is 2.97. The third-order valence-electron chi connectivity index (χ3n) is 4.80. The lowest BCUT2D eigenvalue weighted by Crippen LogP contribution is -2.44. The van der Waals surface area contributed by atoms with Crippen LogP contribution in [0.3, 0.4) is 0 Å². The molecular formula is C25H23NO3S. The molecule has 3 aromatic carbocycles. The molecule has 5 heteroatoms. The zero-order valence-corrected chi connectivity index (χ0v) is 18.0. The molecule has 3 aromatic rings. The lowest BCUT2D eigenvalue weighted by Gasteiger charge is -2.29. The summed E-state index contributed by atoms with van der Waals surface area (Å²) in [6.07, 6.45) is -0.661. The number of amides is 2. The van der Waals surface area contributed by atoms with Crippen LogP contribution in [0, 0.1) is 0 Å². The van der Waals surface area contributed by atoms with Gasteiger partial charge < -0.3 is 4.74 Å². The van der Waals surface area contributed by atoms with Gasteiger partial charge in [-0.05, 0) is 44.5 Å². The van der Waals surface area contributed by atoms with Crippen LogP contribution in [0.1, 0.15) is 31.9 Å². The van der Waals surface area contributed by atoms with Crippen LogP contribution in [0.25, 0.3) is 0 Å². The maximum absolute atomic E-state index is 14.0. The van der Waals surface area contributed by atoms with Crippen molar-refractivity contribution < 1.29 is 14.3 Å². The van der Waals surface area contributed by atoms with Gasteiger partial charge in [-0.1, -0.05) is 78.5 Å². The van der Waals surface area contributed by atoms with Crippen molar-refractivity contribution >= 4 is 29.4 Å². The number of para-hydroxylation sites is 1. The predicted octanol–water partition coefficient (Wildman–Crippen LogP) is 6.00. The molecule has 30 heavy (non-hydrogen) atoms. The van der Waals surface area contributed by atoms with Crippen molar-refractivity contribution in [3.8, 4) is 0 Å². The van der Waals surface area contributed by atoms with Crippen molar-refractivity contribution in [2.45, 2.75) is 36.0 Å². The van der Waals surface area contributed by atoms with Crippen LogP contribution in [-0.2, 0) is 14.3 Å². The van der Waals surface area contributed by atoms with E-state index in [2.05, 4.69) is 0 Å². The first-order chi connectivity index (χ1) is 14.3. The number of carbonyl (C=O) groups is 2. The van der Waals surface area contributed by atoms with E-state index >= 15 is 0 Å². The number of hydrogen-bond acceptors (Lipinski definition) is 4. The molecule has 1 aliphatic heterocycles. The zero-order chi connectivity index (χ0) is 21.4. The topological polar surface area (TPSA) is 46.6 Å². The van der Waals surface area contributed by atoms with Crippen molar-refractivity contribution in [3.05, 3.63) is 96.1 Å². The highest BCUT2D eigenvalue weighted by Gasteiger charge is 2.55. The van der Waals surface area contributed by atoms with Gasteiger partial charge in [-0.3, -0.25) is 4.79 Å². The van der Waals surface area contributed by atoms with Gasteiger partial charge in [-0.25, -0.2) is 9.69 Å². The van der Waals surface area contributed by atoms with Crippen molar-refractivity contribution in [2.75, 3.05) is 4.90 Å². The summed E-state index contributed by atoms with van der Waals surface area (Å²) < 4.78 is 4.50. The Hall–Kier alpha value is -3.05. The molecule has 1 atom stereocenters. The van der Waals surface area contributed by atoms with E-state index < -0.39 is 16.4 Å². The largest absolute Gasteiger partial charge is 0.443 e. The molecule has 0 bridgehead atoms. The van der Waals surface area contributed by atoms with Crippen LogP contribution in [0.15, 0.2) is 89.8 Å². The molecule has 0 aromatic heterocycles. The summed E-state index contributed by atoms with van der Waals surface area (Å²) in [5.74, 6) is -0.321. The first-order valence-electron chi connectivity index (χ1n) is 9.79. The summed E-state index contributed by atoms with van der Waals surface area (Å²) in [5.41, 5.74) is 1.45. The molecule has 4 rings (SSSR count). The first kappa shape index (κ1) is 20.2. The molecule has 0 radical (unpaired) electrons. The Morgan fingerprint density at radius 3 is 2.07 bits per heavy atom. The van der Waals surface area contributed by atoms with Crippen LogP contribution in [0.5, 0.6) is 0 Å². The summed E-state index contributed by atoms with van der Waals surface area (Å²) in [5, 5.41) is 0. The predicted molar refractivity (Wildman–Crippen MR) is 120 cm³/mol. The fourth-order valence-corrected chi connectivity index (χ4v) is 4.97. The van der Waals surface area contributed by atoms with Crippen LogP contribution in [0.2, 0.25) is 0 Å². The van der Waals surface area contributed by atoms with Crippen LogP contribution >= 0.6 is 11.8 Å². The third kappa shape index (κ3) is 3.50. The Morgan fingerprint density at radius 2 is 1.43 bits per heavy atom. The fourth-order valence-electron chi connectivity index (χ4n) is 3.61.